The van der Waals surface area contributed by atoms with Crippen molar-refractivity contribution in [1.82, 2.24) is 20.5 Å². The van der Waals surface area contributed by atoms with E-state index >= 15 is 0 Å². The Morgan fingerprint density at radius 3 is 2.83 bits per heavy atom. The quantitative estimate of drug-likeness (QED) is 0.575. The molecule has 0 bridgehead atoms. The zero-order chi connectivity index (χ0) is 13.2. The minimum atomic E-state index is 0.685. The molecule has 0 saturated heterocycles. The Morgan fingerprint density at radius 1 is 1.39 bits per heavy atom. The molecule has 5 heteroatoms. The first-order chi connectivity index (χ1) is 8.76. The van der Waals surface area contributed by atoms with E-state index < -0.39 is 0 Å². The second-order valence-electron chi connectivity index (χ2n) is 4.07. The number of guanidine groups is 1. The molecule has 0 radical (unpaired) electrons. The van der Waals surface area contributed by atoms with Crippen LogP contribution < -0.4 is 10.6 Å². The summed E-state index contributed by atoms with van der Waals surface area (Å²) in [5.74, 6) is 0.810. The van der Waals surface area contributed by atoms with Crippen LogP contribution in [0.2, 0.25) is 0 Å². The van der Waals surface area contributed by atoms with E-state index in [2.05, 4.69) is 39.5 Å². The second kappa shape index (κ2) is 8.47. The van der Waals surface area contributed by atoms with E-state index in [1.807, 2.05) is 18.2 Å². The van der Waals surface area contributed by atoms with Crippen LogP contribution >= 0.6 is 0 Å². The summed E-state index contributed by atoms with van der Waals surface area (Å²) in [5, 5.41) is 6.51. The van der Waals surface area contributed by atoms with Crippen LogP contribution in [0, 0.1) is 0 Å². The number of nitrogens with one attached hydrogen (secondary N) is 2. The summed E-state index contributed by atoms with van der Waals surface area (Å²) in [6.45, 7) is 5.77. The lowest BCUT2D eigenvalue weighted by Crippen LogP contribution is -2.40. The van der Waals surface area contributed by atoms with Crippen molar-refractivity contribution in [3.8, 4) is 0 Å². The SMILES string of the molecule is CCN(C)CCNC(=NC)NCc1ccccn1. The van der Waals surface area contributed by atoms with Gasteiger partial charge in [0.15, 0.2) is 5.96 Å². The number of aliphatic imine (C=N–C) groups is 1. The third-order valence-electron chi connectivity index (χ3n) is 2.71. The summed E-state index contributed by atoms with van der Waals surface area (Å²) >= 11 is 0. The molecule has 0 fully saturated rings. The Hall–Kier alpha value is -1.62. The van der Waals surface area contributed by atoms with Crippen molar-refractivity contribution in [2.75, 3.05) is 33.7 Å². The molecule has 5 nitrogen and oxygen atoms in total. The molecule has 2 N–H and O–H groups in total. The van der Waals surface area contributed by atoms with Crippen LogP contribution in [-0.4, -0.2) is 49.6 Å². The van der Waals surface area contributed by atoms with Crippen molar-refractivity contribution in [2.24, 2.45) is 4.99 Å². The highest BCUT2D eigenvalue weighted by Gasteiger charge is 1.99. The van der Waals surface area contributed by atoms with Crippen molar-refractivity contribution in [2.45, 2.75) is 13.5 Å². The highest BCUT2D eigenvalue weighted by molar-refractivity contribution is 5.79. The molecule has 1 heterocycles. The van der Waals surface area contributed by atoms with E-state index in [1.54, 1.807) is 13.2 Å². The largest absolute Gasteiger partial charge is 0.355 e. The van der Waals surface area contributed by atoms with Crippen molar-refractivity contribution in [1.29, 1.82) is 0 Å². The smallest absolute Gasteiger partial charge is 0.191 e. The van der Waals surface area contributed by atoms with Gasteiger partial charge in [0.2, 0.25) is 0 Å². The normalized spacial score (nSPS) is 11.7. The van der Waals surface area contributed by atoms with Crippen LogP contribution in [0.3, 0.4) is 0 Å². The van der Waals surface area contributed by atoms with E-state index in [9.17, 15) is 0 Å². The van der Waals surface area contributed by atoms with Gasteiger partial charge in [-0.3, -0.25) is 9.98 Å². The molecule has 0 atom stereocenters. The van der Waals surface area contributed by atoms with Crippen molar-refractivity contribution in [3.05, 3.63) is 30.1 Å². The average Bonchev–Trinajstić information content (AvgIpc) is 2.43. The second-order valence-corrected chi connectivity index (χ2v) is 4.07. The lowest BCUT2D eigenvalue weighted by Gasteiger charge is -2.16. The predicted octanol–water partition coefficient (Wildman–Crippen LogP) is 0.698. The molecule has 0 saturated carbocycles. The van der Waals surface area contributed by atoms with Gasteiger partial charge in [0.1, 0.15) is 0 Å². The van der Waals surface area contributed by atoms with Gasteiger partial charge < -0.3 is 15.5 Å². The van der Waals surface area contributed by atoms with Gasteiger partial charge in [0.05, 0.1) is 12.2 Å². The van der Waals surface area contributed by atoms with Gasteiger partial charge in [-0.25, -0.2) is 0 Å². The Morgan fingerprint density at radius 2 is 2.22 bits per heavy atom. The van der Waals surface area contributed by atoms with Crippen LogP contribution in [0.1, 0.15) is 12.6 Å². The summed E-state index contributed by atoms with van der Waals surface area (Å²) in [7, 11) is 3.88. The molecule has 0 amide bonds. The Balaban J connectivity index is 2.26. The van der Waals surface area contributed by atoms with Crippen LogP contribution in [0.25, 0.3) is 0 Å². The minimum Gasteiger partial charge on any atom is -0.355 e. The topological polar surface area (TPSA) is 52.5 Å². The predicted molar refractivity (Wildman–Crippen MR) is 75.6 cm³/mol. The Bertz CT molecular complexity index is 350. The minimum absolute atomic E-state index is 0.685. The van der Waals surface area contributed by atoms with Crippen LogP contribution in [0.15, 0.2) is 29.4 Å². The molecule has 0 spiro atoms. The summed E-state index contributed by atoms with van der Waals surface area (Å²) < 4.78 is 0. The molecular formula is C13H23N5. The van der Waals surface area contributed by atoms with E-state index in [-0.39, 0.29) is 0 Å². The monoisotopic (exact) mass is 249 g/mol. The van der Waals surface area contributed by atoms with Crippen LogP contribution in [0.5, 0.6) is 0 Å². The fraction of sp³-hybridized carbons (Fsp3) is 0.538. The van der Waals surface area contributed by atoms with Gasteiger partial charge in [-0.05, 0) is 25.7 Å². The lowest BCUT2D eigenvalue weighted by molar-refractivity contribution is 0.357. The number of likely N-dealkylation sites (N-methyl/N-ethyl adjacent to an activating group) is 1. The van der Waals surface area contributed by atoms with Gasteiger partial charge >= 0.3 is 0 Å². The van der Waals surface area contributed by atoms with Crippen molar-refractivity contribution < 1.29 is 0 Å². The van der Waals surface area contributed by atoms with E-state index in [4.69, 9.17) is 0 Å². The molecule has 0 aliphatic heterocycles. The standard InChI is InChI=1S/C13H23N5/c1-4-18(3)10-9-16-13(14-2)17-11-12-7-5-6-8-15-12/h5-8H,4,9-11H2,1-3H3,(H2,14,16,17). The molecule has 0 aromatic carbocycles. The number of hydrogen-bond donors (Lipinski definition) is 2. The molecule has 1 rings (SSSR count). The van der Waals surface area contributed by atoms with E-state index in [1.165, 1.54) is 0 Å². The fourth-order valence-electron chi connectivity index (χ4n) is 1.42. The van der Waals surface area contributed by atoms with Gasteiger partial charge in [-0.1, -0.05) is 13.0 Å². The number of hydrogen-bond acceptors (Lipinski definition) is 3. The average molecular weight is 249 g/mol. The maximum atomic E-state index is 4.25. The van der Waals surface area contributed by atoms with Gasteiger partial charge in [0, 0.05) is 26.3 Å². The third kappa shape index (κ3) is 5.63. The molecular weight excluding hydrogens is 226 g/mol. The summed E-state index contributed by atoms with van der Waals surface area (Å²) in [4.78, 5) is 10.7. The number of aromatic nitrogens is 1. The molecule has 1 aromatic heterocycles. The van der Waals surface area contributed by atoms with Crippen LogP contribution in [0.4, 0.5) is 0 Å². The fourth-order valence-corrected chi connectivity index (χ4v) is 1.42. The van der Waals surface area contributed by atoms with E-state index in [0.717, 1.165) is 31.3 Å². The van der Waals surface area contributed by atoms with Gasteiger partial charge in [0.25, 0.3) is 0 Å². The molecule has 100 valence electrons. The van der Waals surface area contributed by atoms with Crippen molar-refractivity contribution in [3.63, 3.8) is 0 Å². The molecule has 0 aliphatic rings. The van der Waals surface area contributed by atoms with Crippen molar-refractivity contribution >= 4 is 5.96 Å². The zero-order valence-corrected chi connectivity index (χ0v) is 11.5. The van der Waals surface area contributed by atoms with Crippen LogP contribution in [-0.2, 0) is 6.54 Å². The Kier molecular flexibility index (Phi) is 6.79. The first-order valence-electron chi connectivity index (χ1n) is 6.29. The first-order valence-corrected chi connectivity index (χ1v) is 6.29. The number of pyridine rings is 1. The highest BCUT2D eigenvalue weighted by atomic mass is 15.2. The van der Waals surface area contributed by atoms with E-state index in [0.29, 0.717) is 6.54 Å². The number of nitrogens with zero attached hydrogens (tertiary/aromatic N) is 3. The van der Waals surface area contributed by atoms with Gasteiger partial charge in [-0.15, -0.1) is 0 Å². The van der Waals surface area contributed by atoms with Gasteiger partial charge in [-0.2, -0.15) is 0 Å². The molecule has 1 aromatic rings. The summed E-state index contributed by atoms with van der Waals surface area (Å²) in [6.07, 6.45) is 1.80. The third-order valence-corrected chi connectivity index (χ3v) is 2.71. The lowest BCUT2D eigenvalue weighted by atomic mass is 10.3. The maximum absolute atomic E-state index is 4.25. The Labute approximate surface area is 109 Å². The zero-order valence-electron chi connectivity index (χ0n) is 11.5. The summed E-state index contributed by atoms with van der Waals surface area (Å²) in [5.41, 5.74) is 1.01. The first kappa shape index (κ1) is 14.4. The maximum Gasteiger partial charge on any atom is 0.191 e. The molecule has 0 aliphatic carbocycles. The molecule has 0 unspecified atom stereocenters. The highest BCUT2D eigenvalue weighted by Crippen LogP contribution is 1.91. The molecule has 18 heavy (non-hydrogen) atoms. The number of rotatable bonds is 6. The summed E-state index contributed by atoms with van der Waals surface area (Å²) in [6, 6.07) is 5.89.